The molecular weight excluding hydrogens is 443 g/mol. The summed E-state index contributed by atoms with van der Waals surface area (Å²) in [5.74, 6) is -0.999. The van der Waals surface area contributed by atoms with E-state index in [2.05, 4.69) is 0 Å². The minimum Gasteiger partial charge on any atom is -0.462 e. The van der Waals surface area contributed by atoms with Crippen molar-refractivity contribution in [3.05, 3.63) is 74.2 Å². The number of hydrogen-bond donors (Lipinski definition) is 0. The number of halogens is 2. The molecule has 1 fully saturated rings. The van der Waals surface area contributed by atoms with E-state index in [1.807, 2.05) is 25.1 Å². The number of benzene rings is 2. The molecule has 2 aromatic rings. The van der Waals surface area contributed by atoms with E-state index in [1.54, 1.807) is 37.3 Å². The second-order valence-electron chi connectivity index (χ2n) is 6.57. The number of nitriles is 1. The highest BCUT2D eigenvalue weighted by Crippen LogP contribution is 2.42. The molecule has 0 spiro atoms. The zero-order valence-corrected chi connectivity index (χ0v) is 18.6. The summed E-state index contributed by atoms with van der Waals surface area (Å²) in [6.45, 7) is 3.72. The number of esters is 1. The molecule has 1 aliphatic heterocycles. The Hall–Kier alpha value is -2.46. The Kier molecular flexibility index (Phi) is 7.09. The van der Waals surface area contributed by atoms with Gasteiger partial charge in [-0.3, -0.25) is 9.69 Å². The minimum absolute atomic E-state index is 0.127. The highest BCUT2D eigenvalue weighted by atomic mass is 35.5. The monoisotopic (exact) mass is 460 g/mol. The average molecular weight is 461 g/mol. The van der Waals surface area contributed by atoms with E-state index in [-0.39, 0.29) is 23.1 Å². The molecule has 30 heavy (non-hydrogen) atoms. The van der Waals surface area contributed by atoms with Crippen molar-refractivity contribution in [2.24, 2.45) is 0 Å². The zero-order valence-electron chi connectivity index (χ0n) is 16.3. The van der Waals surface area contributed by atoms with Crippen molar-refractivity contribution in [2.75, 3.05) is 11.5 Å². The molecule has 3 rings (SSSR count). The van der Waals surface area contributed by atoms with Crippen LogP contribution in [0.5, 0.6) is 0 Å². The molecule has 0 N–H and O–H groups in total. The first-order valence-corrected chi connectivity index (χ1v) is 10.8. The predicted octanol–water partition coefficient (Wildman–Crippen LogP) is 5.29. The van der Waals surface area contributed by atoms with Crippen molar-refractivity contribution in [3.8, 4) is 6.07 Å². The zero-order chi connectivity index (χ0) is 21.8. The quantitative estimate of drug-likeness (QED) is 0.344. The van der Waals surface area contributed by atoms with Crippen LogP contribution < -0.4 is 4.90 Å². The van der Waals surface area contributed by atoms with Crippen molar-refractivity contribution >= 4 is 52.5 Å². The molecule has 0 saturated carbocycles. The summed E-state index contributed by atoms with van der Waals surface area (Å²) < 4.78 is 5.03. The number of hydrogen-bond acceptors (Lipinski definition) is 5. The molecule has 1 amide bonds. The van der Waals surface area contributed by atoms with Gasteiger partial charge in [0.1, 0.15) is 11.1 Å². The van der Waals surface area contributed by atoms with Gasteiger partial charge >= 0.3 is 5.97 Å². The van der Waals surface area contributed by atoms with Gasteiger partial charge in [-0.15, -0.1) is 0 Å². The van der Waals surface area contributed by atoms with Crippen LogP contribution in [0.4, 0.5) is 5.69 Å². The summed E-state index contributed by atoms with van der Waals surface area (Å²) in [6, 6.07) is 14.3. The van der Waals surface area contributed by atoms with E-state index in [9.17, 15) is 14.9 Å². The molecule has 1 heterocycles. The third-order valence-corrected chi connectivity index (χ3v) is 6.33. The number of ether oxygens (including phenoxy) is 1. The molecule has 1 atom stereocenters. The van der Waals surface area contributed by atoms with Crippen molar-refractivity contribution < 1.29 is 14.3 Å². The molecule has 0 aromatic heterocycles. The van der Waals surface area contributed by atoms with Crippen LogP contribution in [0.3, 0.4) is 0 Å². The number of rotatable bonds is 5. The summed E-state index contributed by atoms with van der Waals surface area (Å²) in [7, 11) is 0. The van der Waals surface area contributed by atoms with Crippen LogP contribution in [0.1, 0.15) is 18.1 Å². The van der Waals surface area contributed by atoms with Crippen LogP contribution in [0.15, 0.2) is 53.1 Å². The molecule has 1 unspecified atom stereocenters. The lowest BCUT2D eigenvalue weighted by atomic mass is 10.1. The average Bonchev–Trinajstić information content (AvgIpc) is 3.02. The summed E-state index contributed by atoms with van der Waals surface area (Å²) >= 11 is 13.5. The number of anilines is 1. The topological polar surface area (TPSA) is 70.4 Å². The maximum Gasteiger partial charge on any atom is 0.351 e. The second kappa shape index (κ2) is 9.57. The molecule has 1 aliphatic rings. The first-order valence-electron chi connectivity index (χ1n) is 9.18. The van der Waals surface area contributed by atoms with Crippen LogP contribution in [-0.2, 0) is 20.7 Å². The highest BCUT2D eigenvalue weighted by molar-refractivity contribution is 8.05. The molecule has 154 valence electrons. The van der Waals surface area contributed by atoms with Crippen LogP contribution >= 0.6 is 35.0 Å². The van der Waals surface area contributed by atoms with E-state index in [4.69, 9.17) is 27.9 Å². The maximum atomic E-state index is 13.3. The fraction of sp³-hybridized carbons (Fsp3) is 0.227. The third kappa shape index (κ3) is 4.65. The fourth-order valence-corrected chi connectivity index (χ4v) is 4.68. The molecule has 1 saturated heterocycles. The molecule has 0 bridgehead atoms. The summed E-state index contributed by atoms with van der Waals surface area (Å²) in [5, 5.41) is 10.3. The molecule has 2 aromatic carbocycles. The number of nitrogens with zero attached hydrogens (tertiary/aromatic N) is 2. The highest BCUT2D eigenvalue weighted by Gasteiger charge is 2.41. The third-order valence-electron chi connectivity index (χ3n) is 4.46. The van der Waals surface area contributed by atoms with Crippen LogP contribution in [0, 0.1) is 18.3 Å². The largest absolute Gasteiger partial charge is 0.462 e. The van der Waals surface area contributed by atoms with Crippen LogP contribution in [-0.4, -0.2) is 23.7 Å². The fourth-order valence-electron chi connectivity index (χ4n) is 3.00. The van der Waals surface area contributed by atoms with Crippen molar-refractivity contribution in [3.63, 3.8) is 0 Å². The molecular formula is C22H18Cl2N2O3S. The summed E-state index contributed by atoms with van der Waals surface area (Å²) in [6.07, 6.45) is 0.302. The molecule has 0 radical (unpaired) electrons. The van der Waals surface area contributed by atoms with Gasteiger partial charge in [-0.05, 0) is 56.2 Å². The predicted molar refractivity (Wildman–Crippen MR) is 119 cm³/mol. The lowest BCUT2D eigenvalue weighted by molar-refractivity contribution is -0.138. The van der Waals surface area contributed by atoms with E-state index >= 15 is 0 Å². The Balaban J connectivity index is 2.06. The Morgan fingerprint density at radius 2 is 1.93 bits per heavy atom. The van der Waals surface area contributed by atoms with Crippen molar-refractivity contribution in [1.29, 1.82) is 5.26 Å². The van der Waals surface area contributed by atoms with E-state index < -0.39 is 11.2 Å². The normalized spacial score (nSPS) is 17.6. The van der Waals surface area contributed by atoms with Gasteiger partial charge in [0.25, 0.3) is 0 Å². The van der Waals surface area contributed by atoms with Crippen molar-refractivity contribution in [2.45, 2.75) is 25.5 Å². The SMILES string of the molecule is CCOC(=O)C(C#N)=C1SC(Cc2cc(Cl)ccc2Cl)C(=O)N1c1ccc(C)cc1. The number of carbonyl (C=O) groups excluding carboxylic acids is 2. The van der Waals surface area contributed by atoms with Crippen LogP contribution in [0.2, 0.25) is 10.0 Å². The molecule has 8 heteroatoms. The minimum atomic E-state index is -0.756. The van der Waals surface area contributed by atoms with Crippen molar-refractivity contribution in [1.82, 2.24) is 0 Å². The number of amides is 1. The first kappa shape index (κ1) is 22.2. The summed E-state index contributed by atoms with van der Waals surface area (Å²) in [5.41, 5.74) is 2.12. The lowest BCUT2D eigenvalue weighted by Crippen LogP contribution is -2.30. The second-order valence-corrected chi connectivity index (χ2v) is 8.60. The number of thioether (sulfide) groups is 1. The van der Waals surface area contributed by atoms with Gasteiger partial charge in [-0.2, -0.15) is 5.26 Å². The smallest absolute Gasteiger partial charge is 0.351 e. The Bertz CT molecular complexity index is 1060. The summed E-state index contributed by atoms with van der Waals surface area (Å²) in [4.78, 5) is 27.1. The first-order chi connectivity index (χ1) is 14.3. The lowest BCUT2D eigenvalue weighted by Gasteiger charge is -2.18. The standard InChI is InChI=1S/C22H18Cl2N2O3S/c1-3-29-22(28)17(12-25)21-26(16-7-4-13(2)5-8-16)20(27)19(30-21)11-14-10-15(23)6-9-18(14)24/h4-10,19H,3,11H2,1-2H3. The van der Waals surface area contributed by atoms with E-state index in [1.165, 1.54) is 4.90 Å². The van der Waals surface area contributed by atoms with Gasteiger partial charge in [0.05, 0.1) is 11.9 Å². The van der Waals surface area contributed by atoms with Gasteiger partial charge in [0.15, 0.2) is 5.57 Å². The van der Waals surface area contributed by atoms with Gasteiger partial charge in [0, 0.05) is 15.7 Å². The molecule has 0 aliphatic carbocycles. The Morgan fingerprint density at radius 3 is 2.57 bits per heavy atom. The van der Waals surface area contributed by atoms with Gasteiger partial charge in [-0.1, -0.05) is 52.7 Å². The van der Waals surface area contributed by atoms with Gasteiger partial charge < -0.3 is 4.74 Å². The van der Waals surface area contributed by atoms with E-state index in [0.29, 0.717) is 22.2 Å². The van der Waals surface area contributed by atoms with Gasteiger partial charge in [-0.25, -0.2) is 4.79 Å². The van der Waals surface area contributed by atoms with E-state index in [0.717, 1.165) is 22.9 Å². The van der Waals surface area contributed by atoms with Gasteiger partial charge in [0.2, 0.25) is 5.91 Å². The Morgan fingerprint density at radius 1 is 1.23 bits per heavy atom. The number of aryl methyl sites for hydroxylation is 1. The maximum absolute atomic E-state index is 13.3. The number of carbonyl (C=O) groups is 2. The molecule has 5 nitrogen and oxygen atoms in total. The van der Waals surface area contributed by atoms with Crippen LogP contribution in [0.25, 0.3) is 0 Å². The Labute approximate surface area is 189 Å².